The Morgan fingerprint density at radius 3 is 3.08 bits per heavy atom. The maximum absolute atomic E-state index is 12.6. The van der Waals surface area contributed by atoms with Gasteiger partial charge in [-0.3, -0.25) is 9.48 Å². The number of rotatable bonds is 4. The van der Waals surface area contributed by atoms with Crippen molar-refractivity contribution in [1.82, 2.24) is 19.7 Å². The largest absolute Gasteiger partial charge is 0.361 e. The number of aromatic nitrogens is 3. The number of amides is 1. The van der Waals surface area contributed by atoms with Crippen molar-refractivity contribution in [3.63, 3.8) is 0 Å². The minimum Gasteiger partial charge on any atom is -0.361 e. The molecule has 3 heterocycles. The lowest BCUT2D eigenvalue weighted by molar-refractivity contribution is -0.132. The molecule has 124 valence electrons. The zero-order valence-corrected chi connectivity index (χ0v) is 13.7. The van der Waals surface area contributed by atoms with E-state index >= 15 is 0 Å². The van der Waals surface area contributed by atoms with Crippen LogP contribution in [0.25, 0.3) is 10.9 Å². The van der Waals surface area contributed by atoms with E-state index in [4.69, 9.17) is 0 Å². The van der Waals surface area contributed by atoms with E-state index in [1.54, 1.807) is 6.20 Å². The summed E-state index contributed by atoms with van der Waals surface area (Å²) in [5.74, 6) is 0.247. The Hall–Kier alpha value is -2.56. The topological polar surface area (TPSA) is 53.9 Å². The zero-order valence-electron chi connectivity index (χ0n) is 13.7. The average Bonchev–Trinajstić information content (AvgIpc) is 3.30. The van der Waals surface area contributed by atoms with Crippen molar-refractivity contribution in [3.8, 4) is 0 Å². The van der Waals surface area contributed by atoms with Crippen LogP contribution in [-0.2, 0) is 11.2 Å². The highest BCUT2D eigenvalue weighted by atomic mass is 16.2. The van der Waals surface area contributed by atoms with Crippen molar-refractivity contribution >= 4 is 16.8 Å². The highest BCUT2D eigenvalue weighted by molar-refractivity contribution is 5.84. The number of carbonyl (C=O) groups is 1. The van der Waals surface area contributed by atoms with E-state index in [1.165, 1.54) is 10.9 Å². The number of nitrogens with one attached hydrogen (secondary N) is 1. The van der Waals surface area contributed by atoms with Crippen LogP contribution in [0.3, 0.4) is 0 Å². The number of benzene rings is 1. The molecule has 5 nitrogen and oxygen atoms in total. The van der Waals surface area contributed by atoms with E-state index in [-0.39, 0.29) is 5.91 Å². The second-order valence-corrected chi connectivity index (χ2v) is 6.48. The molecule has 2 aromatic heterocycles. The molecule has 1 saturated heterocycles. The molecule has 1 unspecified atom stereocenters. The minimum atomic E-state index is 0.247. The van der Waals surface area contributed by atoms with Gasteiger partial charge in [-0.15, -0.1) is 0 Å². The van der Waals surface area contributed by atoms with Crippen LogP contribution in [-0.4, -0.2) is 38.7 Å². The minimum absolute atomic E-state index is 0.247. The van der Waals surface area contributed by atoms with Crippen molar-refractivity contribution in [2.45, 2.75) is 31.7 Å². The predicted octanol–water partition coefficient (Wildman–Crippen LogP) is 3.16. The van der Waals surface area contributed by atoms with Gasteiger partial charge in [0.2, 0.25) is 5.91 Å². The van der Waals surface area contributed by atoms with Crippen LogP contribution in [0, 0.1) is 0 Å². The molecule has 3 aromatic rings. The van der Waals surface area contributed by atoms with Gasteiger partial charge in [-0.05, 0) is 37.0 Å². The molecular formula is C19H22N4O. The zero-order chi connectivity index (χ0) is 16.4. The number of aryl methyl sites for hydroxylation is 1. The first kappa shape index (κ1) is 15.0. The summed E-state index contributed by atoms with van der Waals surface area (Å²) in [6.45, 7) is 1.64. The highest BCUT2D eigenvalue weighted by Gasteiger charge is 2.24. The number of fused-ring (bicyclic) bond motifs is 1. The van der Waals surface area contributed by atoms with Gasteiger partial charge >= 0.3 is 0 Å². The van der Waals surface area contributed by atoms with Gasteiger partial charge in [0.1, 0.15) is 0 Å². The molecule has 0 radical (unpaired) electrons. The van der Waals surface area contributed by atoms with Crippen LogP contribution in [0.1, 0.15) is 30.9 Å². The fourth-order valence-corrected chi connectivity index (χ4v) is 3.63. The van der Waals surface area contributed by atoms with Crippen LogP contribution in [0.4, 0.5) is 0 Å². The molecule has 0 aliphatic carbocycles. The standard InChI is InChI=1S/C19H22N4O/c24-19(9-8-15-13-20-18-7-2-1-6-17(15)18)22-11-3-5-16(14-22)23-12-4-10-21-23/h1-2,4,6-7,10,12-13,16,20H,3,5,8-9,11,14H2. The third-order valence-corrected chi connectivity index (χ3v) is 4.93. The van der Waals surface area contributed by atoms with Crippen molar-refractivity contribution in [2.24, 2.45) is 0 Å². The molecule has 1 atom stereocenters. The van der Waals surface area contributed by atoms with Gasteiger partial charge < -0.3 is 9.88 Å². The lowest BCUT2D eigenvalue weighted by atomic mass is 10.0. The van der Waals surface area contributed by atoms with Gasteiger partial charge in [-0.1, -0.05) is 18.2 Å². The van der Waals surface area contributed by atoms with Crippen LogP contribution >= 0.6 is 0 Å². The van der Waals surface area contributed by atoms with Gasteiger partial charge in [-0.25, -0.2) is 0 Å². The van der Waals surface area contributed by atoms with Crippen molar-refractivity contribution < 1.29 is 4.79 Å². The molecule has 0 saturated carbocycles. The molecule has 4 rings (SSSR count). The lowest BCUT2D eigenvalue weighted by Gasteiger charge is -2.33. The van der Waals surface area contributed by atoms with Gasteiger partial charge in [-0.2, -0.15) is 5.10 Å². The molecule has 24 heavy (non-hydrogen) atoms. The van der Waals surface area contributed by atoms with E-state index < -0.39 is 0 Å². The molecule has 1 aromatic carbocycles. The number of hydrogen-bond acceptors (Lipinski definition) is 2. The molecule has 1 aliphatic heterocycles. The predicted molar refractivity (Wildman–Crippen MR) is 93.7 cm³/mol. The van der Waals surface area contributed by atoms with E-state index in [0.29, 0.717) is 12.5 Å². The summed E-state index contributed by atoms with van der Waals surface area (Å²) in [5, 5.41) is 5.55. The van der Waals surface area contributed by atoms with Crippen LogP contribution in [0.15, 0.2) is 48.9 Å². The van der Waals surface area contributed by atoms with Gasteiger partial charge in [0.25, 0.3) is 0 Å². The first-order chi connectivity index (χ1) is 11.8. The summed E-state index contributed by atoms with van der Waals surface area (Å²) in [7, 11) is 0. The van der Waals surface area contributed by atoms with Crippen molar-refractivity contribution in [1.29, 1.82) is 0 Å². The molecule has 0 spiro atoms. The number of para-hydroxylation sites is 1. The van der Waals surface area contributed by atoms with E-state index in [0.717, 1.165) is 37.9 Å². The third kappa shape index (κ3) is 2.94. The molecule has 1 fully saturated rings. The third-order valence-electron chi connectivity index (χ3n) is 4.93. The Kier molecular flexibility index (Phi) is 4.07. The highest BCUT2D eigenvalue weighted by Crippen LogP contribution is 2.23. The van der Waals surface area contributed by atoms with E-state index in [9.17, 15) is 4.79 Å². The Balaban J connectivity index is 1.39. The summed E-state index contributed by atoms with van der Waals surface area (Å²) < 4.78 is 1.99. The number of piperidine rings is 1. The number of H-pyrrole nitrogens is 1. The number of likely N-dealkylation sites (tertiary alicyclic amines) is 1. The molecule has 1 amide bonds. The van der Waals surface area contributed by atoms with Crippen LogP contribution < -0.4 is 0 Å². The Bertz CT molecular complexity index is 821. The molecule has 1 aliphatic rings. The molecule has 5 heteroatoms. The quantitative estimate of drug-likeness (QED) is 0.802. The number of hydrogen-bond donors (Lipinski definition) is 1. The van der Waals surface area contributed by atoms with Crippen LogP contribution in [0.5, 0.6) is 0 Å². The van der Waals surface area contributed by atoms with Crippen molar-refractivity contribution in [3.05, 3.63) is 54.5 Å². The average molecular weight is 322 g/mol. The van der Waals surface area contributed by atoms with Crippen LogP contribution in [0.2, 0.25) is 0 Å². The number of nitrogens with zero attached hydrogens (tertiary/aromatic N) is 3. The van der Waals surface area contributed by atoms with Crippen molar-refractivity contribution in [2.75, 3.05) is 13.1 Å². The second-order valence-electron chi connectivity index (χ2n) is 6.48. The van der Waals surface area contributed by atoms with Gasteiger partial charge in [0, 0.05) is 49.0 Å². The first-order valence-corrected chi connectivity index (χ1v) is 8.63. The van der Waals surface area contributed by atoms with Gasteiger partial charge in [0.05, 0.1) is 6.04 Å². The smallest absolute Gasteiger partial charge is 0.222 e. The molecular weight excluding hydrogens is 300 g/mol. The molecule has 1 N–H and O–H groups in total. The second kappa shape index (κ2) is 6.51. The summed E-state index contributed by atoms with van der Waals surface area (Å²) >= 11 is 0. The molecule has 0 bridgehead atoms. The Labute approximate surface area is 141 Å². The monoisotopic (exact) mass is 322 g/mol. The fourth-order valence-electron chi connectivity index (χ4n) is 3.63. The Morgan fingerprint density at radius 2 is 2.21 bits per heavy atom. The van der Waals surface area contributed by atoms with Gasteiger partial charge in [0.15, 0.2) is 0 Å². The van der Waals surface area contributed by atoms with E-state index in [2.05, 4.69) is 22.2 Å². The summed E-state index contributed by atoms with van der Waals surface area (Å²) in [6, 6.07) is 10.5. The SMILES string of the molecule is O=C(CCc1c[nH]c2ccccc12)N1CCCC(n2cccn2)C1. The Morgan fingerprint density at radius 1 is 1.29 bits per heavy atom. The summed E-state index contributed by atoms with van der Waals surface area (Å²) in [6.07, 6.45) is 9.31. The lowest BCUT2D eigenvalue weighted by Crippen LogP contribution is -2.40. The summed E-state index contributed by atoms with van der Waals surface area (Å²) in [5.41, 5.74) is 2.36. The summed E-state index contributed by atoms with van der Waals surface area (Å²) in [4.78, 5) is 17.9. The first-order valence-electron chi connectivity index (χ1n) is 8.63. The normalized spacial score (nSPS) is 18.2. The number of aromatic amines is 1. The fraction of sp³-hybridized carbons (Fsp3) is 0.368. The number of carbonyl (C=O) groups excluding carboxylic acids is 1. The maximum atomic E-state index is 12.6. The maximum Gasteiger partial charge on any atom is 0.222 e. The van der Waals surface area contributed by atoms with E-state index in [1.807, 2.05) is 40.2 Å².